The number of benzene rings is 1. The summed E-state index contributed by atoms with van der Waals surface area (Å²) in [7, 11) is 0. The van der Waals surface area contributed by atoms with E-state index in [4.69, 9.17) is 6.42 Å². The number of amides is 1. The van der Waals surface area contributed by atoms with E-state index in [9.17, 15) is 9.18 Å². The number of carbonyl (C=O) groups is 1. The average Bonchev–Trinajstić information content (AvgIpc) is 3.23. The maximum atomic E-state index is 13.1. The second-order valence-electron chi connectivity index (χ2n) is 5.04. The molecule has 1 amide bonds. The van der Waals surface area contributed by atoms with Crippen molar-refractivity contribution in [3.8, 4) is 22.8 Å². The molecule has 0 bridgehead atoms. The second-order valence-corrected chi connectivity index (χ2v) is 6.96. The van der Waals surface area contributed by atoms with Gasteiger partial charge in [-0.15, -0.1) is 29.1 Å². The molecule has 0 N–H and O–H groups in total. The van der Waals surface area contributed by atoms with Crippen LogP contribution in [0.15, 0.2) is 41.9 Å². The standard InChI is InChI=1S/C18H13FN2OS2/c1-3-9-21(18-20-8-10-23-18)17(22)15-11-12(2)16(24-15)13-4-6-14(19)7-5-13/h1,4-8,10-11H,9H2,2H3. The summed E-state index contributed by atoms with van der Waals surface area (Å²) in [5.41, 5.74) is 1.85. The number of halogens is 1. The number of aromatic nitrogens is 1. The van der Waals surface area contributed by atoms with E-state index in [1.54, 1.807) is 23.7 Å². The molecule has 6 heteroatoms. The molecule has 120 valence electrons. The Hall–Kier alpha value is -2.49. The number of aryl methyl sites for hydroxylation is 1. The van der Waals surface area contributed by atoms with Crippen molar-refractivity contribution in [3.63, 3.8) is 0 Å². The Bertz CT molecular complexity index is 892. The fourth-order valence-electron chi connectivity index (χ4n) is 2.28. The molecule has 0 atom stereocenters. The van der Waals surface area contributed by atoms with E-state index >= 15 is 0 Å². The summed E-state index contributed by atoms with van der Waals surface area (Å²) in [4.78, 5) is 20.0. The zero-order chi connectivity index (χ0) is 17.1. The summed E-state index contributed by atoms with van der Waals surface area (Å²) in [5, 5.41) is 2.38. The molecule has 3 aromatic rings. The fourth-order valence-corrected chi connectivity index (χ4v) is 4.04. The quantitative estimate of drug-likeness (QED) is 0.640. The van der Waals surface area contributed by atoms with Gasteiger partial charge < -0.3 is 0 Å². The SMILES string of the molecule is C#CCN(C(=O)c1cc(C)c(-c2ccc(F)cc2)s1)c1nccs1. The van der Waals surface area contributed by atoms with Crippen LogP contribution >= 0.6 is 22.7 Å². The Labute approximate surface area is 147 Å². The number of hydrogen-bond acceptors (Lipinski definition) is 4. The molecule has 1 aromatic carbocycles. The molecule has 24 heavy (non-hydrogen) atoms. The van der Waals surface area contributed by atoms with Crippen molar-refractivity contribution in [3.05, 3.63) is 58.2 Å². The van der Waals surface area contributed by atoms with E-state index < -0.39 is 0 Å². The number of carbonyl (C=O) groups excluding carboxylic acids is 1. The summed E-state index contributed by atoms with van der Waals surface area (Å²) >= 11 is 2.74. The molecule has 3 rings (SSSR count). The second kappa shape index (κ2) is 6.95. The Kier molecular flexibility index (Phi) is 4.74. The third kappa shape index (κ3) is 3.23. The van der Waals surface area contributed by atoms with Crippen molar-refractivity contribution in [1.29, 1.82) is 0 Å². The highest BCUT2D eigenvalue weighted by molar-refractivity contribution is 7.18. The van der Waals surface area contributed by atoms with E-state index in [0.717, 1.165) is 16.0 Å². The van der Waals surface area contributed by atoms with Crippen molar-refractivity contribution in [1.82, 2.24) is 4.98 Å². The first kappa shape index (κ1) is 16.4. The van der Waals surface area contributed by atoms with Crippen LogP contribution in [-0.4, -0.2) is 17.4 Å². The van der Waals surface area contributed by atoms with Crippen molar-refractivity contribution in [2.75, 3.05) is 11.4 Å². The minimum atomic E-state index is -0.284. The number of terminal acetylenes is 1. The Morgan fingerprint density at radius 2 is 2.12 bits per heavy atom. The number of rotatable bonds is 4. The molecular weight excluding hydrogens is 343 g/mol. The molecule has 0 radical (unpaired) electrons. The van der Waals surface area contributed by atoms with Crippen molar-refractivity contribution >= 4 is 33.7 Å². The van der Waals surface area contributed by atoms with E-state index in [1.165, 1.54) is 39.7 Å². The molecule has 0 saturated carbocycles. The predicted molar refractivity (Wildman–Crippen MR) is 97.1 cm³/mol. The van der Waals surface area contributed by atoms with Crippen LogP contribution in [0.4, 0.5) is 9.52 Å². The smallest absolute Gasteiger partial charge is 0.271 e. The Morgan fingerprint density at radius 3 is 2.75 bits per heavy atom. The molecular formula is C18H13FN2OS2. The van der Waals surface area contributed by atoms with Crippen LogP contribution < -0.4 is 4.90 Å². The fraction of sp³-hybridized carbons (Fsp3) is 0.111. The monoisotopic (exact) mass is 356 g/mol. The summed E-state index contributed by atoms with van der Waals surface area (Å²) in [6, 6.07) is 8.08. The van der Waals surface area contributed by atoms with Gasteiger partial charge in [0, 0.05) is 16.5 Å². The van der Waals surface area contributed by atoms with Crippen LogP contribution in [-0.2, 0) is 0 Å². The van der Waals surface area contributed by atoms with Gasteiger partial charge in [-0.05, 0) is 36.2 Å². The summed E-state index contributed by atoms with van der Waals surface area (Å²) in [5.74, 6) is 2.04. The molecule has 2 heterocycles. The van der Waals surface area contributed by atoms with Gasteiger partial charge in [0.05, 0.1) is 11.4 Å². The lowest BCUT2D eigenvalue weighted by Gasteiger charge is -2.15. The molecule has 3 nitrogen and oxygen atoms in total. The summed E-state index contributed by atoms with van der Waals surface area (Å²) in [6.45, 7) is 2.09. The number of thiophene rings is 1. The number of nitrogens with zero attached hydrogens (tertiary/aromatic N) is 2. The lowest BCUT2D eigenvalue weighted by Crippen LogP contribution is -2.30. The topological polar surface area (TPSA) is 33.2 Å². The minimum Gasteiger partial charge on any atom is -0.271 e. The largest absolute Gasteiger partial charge is 0.271 e. The van der Waals surface area contributed by atoms with Crippen LogP contribution in [0.1, 0.15) is 15.2 Å². The van der Waals surface area contributed by atoms with Gasteiger partial charge in [-0.1, -0.05) is 18.1 Å². The molecule has 0 aliphatic carbocycles. The molecule has 0 aliphatic rings. The van der Waals surface area contributed by atoms with Crippen LogP contribution in [0.3, 0.4) is 0 Å². The zero-order valence-corrected chi connectivity index (χ0v) is 14.5. The van der Waals surface area contributed by atoms with Gasteiger partial charge in [0.25, 0.3) is 5.91 Å². The highest BCUT2D eigenvalue weighted by Gasteiger charge is 2.22. The van der Waals surface area contributed by atoms with Gasteiger partial charge in [0.1, 0.15) is 5.82 Å². The molecule has 0 saturated heterocycles. The molecule has 2 aromatic heterocycles. The van der Waals surface area contributed by atoms with Gasteiger partial charge >= 0.3 is 0 Å². The lowest BCUT2D eigenvalue weighted by atomic mass is 10.1. The zero-order valence-electron chi connectivity index (χ0n) is 12.8. The van der Waals surface area contributed by atoms with Gasteiger partial charge in [0.15, 0.2) is 5.13 Å². The first-order chi connectivity index (χ1) is 11.6. The summed E-state index contributed by atoms with van der Waals surface area (Å²) < 4.78 is 13.1. The highest BCUT2D eigenvalue weighted by atomic mass is 32.1. The molecule has 0 fully saturated rings. The number of thiazole rings is 1. The number of hydrogen-bond donors (Lipinski definition) is 0. The van der Waals surface area contributed by atoms with E-state index in [2.05, 4.69) is 10.9 Å². The van der Waals surface area contributed by atoms with Gasteiger partial charge in [0.2, 0.25) is 0 Å². The van der Waals surface area contributed by atoms with Crippen LogP contribution in [0.25, 0.3) is 10.4 Å². The molecule has 0 aliphatic heterocycles. The predicted octanol–water partition coefficient (Wildman–Crippen LogP) is 4.60. The first-order valence-corrected chi connectivity index (χ1v) is 8.81. The van der Waals surface area contributed by atoms with E-state index in [1.807, 2.05) is 13.0 Å². The maximum Gasteiger partial charge on any atom is 0.271 e. The third-order valence-corrected chi connectivity index (χ3v) is 5.45. The normalized spacial score (nSPS) is 10.4. The molecule has 0 unspecified atom stereocenters. The van der Waals surface area contributed by atoms with E-state index in [-0.39, 0.29) is 18.3 Å². The molecule has 0 spiro atoms. The van der Waals surface area contributed by atoms with Gasteiger partial charge in [-0.2, -0.15) is 0 Å². The average molecular weight is 356 g/mol. The number of anilines is 1. The Morgan fingerprint density at radius 1 is 1.38 bits per heavy atom. The van der Waals surface area contributed by atoms with Crippen molar-refractivity contribution < 1.29 is 9.18 Å². The summed E-state index contributed by atoms with van der Waals surface area (Å²) in [6.07, 6.45) is 7.03. The van der Waals surface area contributed by atoms with Crippen LogP contribution in [0, 0.1) is 25.1 Å². The Balaban J connectivity index is 1.95. The van der Waals surface area contributed by atoms with Crippen LogP contribution in [0.2, 0.25) is 0 Å². The lowest BCUT2D eigenvalue weighted by molar-refractivity contribution is 0.0994. The van der Waals surface area contributed by atoms with E-state index in [0.29, 0.717) is 10.0 Å². The third-order valence-electron chi connectivity index (χ3n) is 3.38. The van der Waals surface area contributed by atoms with Gasteiger partial charge in [-0.25, -0.2) is 9.37 Å². The van der Waals surface area contributed by atoms with Crippen LogP contribution in [0.5, 0.6) is 0 Å². The minimum absolute atomic E-state index is 0.162. The maximum absolute atomic E-state index is 13.1. The van der Waals surface area contributed by atoms with Crippen molar-refractivity contribution in [2.45, 2.75) is 6.92 Å². The first-order valence-electron chi connectivity index (χ1n) is 7.11. The highest BCUT2D eigenvalue weighted by Crippen LogP contribution is 2.34. The van der Waals surface area contributed by atoms with Crippen molar-refractivity contribution in [2.24, 2.45) is 0 Å². The van der Waals surface area contributed by atoms with Gasteiger partial charge in [-0.3, -0.25) is 9.69 Å².